The Morgan fingerprint density at radius 3 is 2.58 bits per heavy atom. The van der Waals surface area contributed by atoms with Crippen molar-refractivity contribution in [2.24, 2.45) is 11.8 Å². The first kappa shape index (κ1) is 19.3. The minimum atomic E-state index is -1.19. The van der Waals surface area contributed by atoms with Gasteiger partial charge < -0.3 is 14.3 Å². The Kier molecular flexibility index (Phi) is 5.65. The third-order valence-corrected chi connectivity index (χ3v) is 6.23. The van der Waals surface area contributed by atoms with Crippen molar-refractivity contribution in [2.75, 3.05) is 13.1 Å². The highest BCUT2D eigenvalue weighted by atomic mass is 32.2. The molecule has 3 atom stereocenters. The van der Waals surface area contributed by atoms with Gasteiger partial charge in [-0.05, 0) is 51.2 Å². The van der Waals surface area contributed by atoms with Gasteiger partial charge in [-0.2, -0.15) is 0 Å². The summed E-state index contributed by atoms with van der Waals surface area (Å²) in [4.78, 5) is 13.1. The van der Waals surface area contributed by atoms with Crippen LogP contribution < -0.4 is 5.32 Å². The molecular weight excluding hydrogens is 348 g/mol. The van der Waals surface area contributed by atoms with Crippen LogP contribution in [0.2, 0.25) is 0 Å². The van der Waals surface area contributed by atoms with Crippen LogP contribution in [0.4, 0.5) is 0 Å². The van der Waals surface area contributed by atoms with Crippen molar-refractivity contribution in [1.29, 1.82) is 0 Å². The van der Waals surface area contributed by atoms with Gasteiger partial charge in [0.2, 0.25) is 0 Å². The number of benzene rings is 1. The lowest BCUT2D eigenvalue weighted by Crippen LogP contribution is -2.42. The molecule has 1 aliphatic rings. The first-order valence-electron chi connectivity index (χ1n) is 9.27. The number of rotatable bonds is 4. The van der Waals surface area contributed by atoms with Crippen LogP contribution in [0.3, 0.4) is 0 Å². The van der Waals surface area contributed by atoms with Gasteiger partial charge in [0.1, 0.15) is 5.58 Å². The van der Waals surface area contributed by atoms with Gasteiger partial charge in [-0.1, -0.05) is 13.8 Å². The molecule has 0 saturated carbocycles. The third-order valence-electron chi connectivity index (χ3n) is 4.81. The Morgan fingerprint density at radius 2 is 1.96 bits per heavy atom. The van der Waals surface area contributed by atoms with E-state index >= 15 is 0 Å². The van der Waals surface area contributed by atoms with Crippen molar-refractivity contribution >= 4 is 28.2 Å². The summed E-state index contributed by atoms with van der Waals surface area (Å²) in [5, 5.41) is 3.71. The van der Waals surface area contributed by atoms with E-state index in [1.807, 2.05) is 39.0 Å². The average Bonchev–Trinajstić information content (AvgIpc) is 2.89. The fourth-order valence-electron chi connectivity index (χ4n) is 3.74. The minimum absolute atomic E-state index is 0.0428. The van der Waals surface area contributed by atoms with E-state index in [0.29, 0.717) is 23.2 Å². The van der Waals surface area contributed by atoms with Crippen LogP contribution in [0.15, 0.2) is 27.5 Å². The summed E-state index contributed by atoms with van der Waals surface area (Å²) >= 11 is -1.19. The van der Waals surface area contributed by atoms with Gasteiger partial charge in [-0.3, -0.25) is 4.79 Å². The number of nitrogens with one attached hydrogen (secondary N) is 1. The largest absolute Gasteiger partial charge is 0.593 e. The predicted octanol–water partition coefficient (Wildman–Crippen LogP) is 3.88. The SMILES string of the molecule is Cc1c(C(=O)NC(C)C)oc2ccc([S+]([O-])N3CC(C)CC(C)C3)cc12. The van der Waals surface area contributed by atoms with Gasteiger partial charge in [-0.15, -0.1) is 4.31 Å². The van der Waals surface area contributed by atoms with E-state index in [-0.39, 0.29) is 11.9 Å². The van der Waals surface area contributed by atoms with E-state index in [0.717, 1.165) is 28.9 Å². The molecule has 1 aromatic heterocycles. The zero-order chi connectivity index (χ0) is 19.0. The lowest BCUT2D eigenvalue weighted by atomic mass is 9.94. The second-order valence-electron chi connectivity index (χ2n) is 7.88. The molecule has 2 aromatic rings. The zero-order valence-electron chi connectivity index (χ0n) is 16.2. The molecule has 142 valence electrons. The van der Waals surface area contributed by atoms with Crippen molar-refractivity contribution in [3.05, 3.63) is 29.5 Å². The molecule has 0 radical (unpaired) electrons. The van der Waals surface area contributed by atoms with Gasteiger partial charge >= 0.3 is 0 Å². The number of amides is 1. The van der Waals surface area contributed by atoms with Crippen LogP contribution in [0.5, 0.6) is 0 Å². The van der Waals surface area contributed by atoms with Gasteiger partial charge in [0, 0.05) is 36.1 Å². The average molecular weight is 377 g/mol. The second kappa shape index (κ2) is 7.62. The molecule has 1 aliphatic heterocycles. The van der Waals surface area contributed by atoms with E-state index in [9.17, 15) is 9.35 Å². The zero-order valence-corrected chi connectivity index (χ0v) is 17.0. The Morgan fingerprint density at radius 1 is 1.31 bits per heavy atom. The number of fused-ring (bicyclic) bond motifs is 1. The first-order chi connectivity index (χ1) is 12.3. The van der Waals surface area contributed by atoms with Crippen LogP contribution in [-0.4, -0.2) is 33.9 Å². The standard InChI is InChI=1S/C20H28N2O3S/c1-12(2)21-20(23)19-15(5)17-9-16(6-7-18(17)25-19)26(24)22-10-13(3)8-14(4)11-22/h6-7,9,12-14H,8,10-11H2,1-5H3,(H,21,23). The highest BCUT2D eigenvalue weighted by molar-refractivity contribution is 7.89. The van der Waals surface area contributed by atoms with Crippen molar-refractivity contribution in [3.8, 4) is 0 Å². The van der Waals surface area contributed by atoms with E-state index in [1.54, 1.807) is 0 Å². The quantitative estimate of drug-likeness (QED) is 0.822. The maximum absolute atomic E-state index is 13.1. The van der Waals surface area contributed by atoms with Crippen LogP contribution in [0.25, 0.3) is 11.0 Å². The molecule has 1 saturated heterocycles. The molecule has 0 spiro atoms. The Labute approximate surface area is 158 Å². The normalized spacial score (nSPS) is 22.7. The van der Waals surface area contributed by atoms with Crippen molar-refractivity contribution in [2.45, 2.75) is 52.0 Å². The van der Waals surface area contributed by atoms with E-state index in [1.165, 1.54) is 6.42 Å². The van der Waals surface area contributed by atoms with Gasteiger partial charge in [0.15, 0.2) is 10.7 Å². The summed E-state index contributed by atoms with van der Waals surface area (Å²) in [6.07, 6.45) is 1.18. The molecule has 5 nitrogen and oxygen atoms in total. The number of furan rings is 1. The summed E-state index contributed by atoms with van der Waals surface area (Å²) in [5.41, 5.74) is 1.44. The molecule has 26 heavy (non-hydrogen) atoms. The fraction of sp³-hybridized carbons (Fsp3) is 0.550. The number of aryl methyl sites for hydroxylation is 1. The van der Waals surface area contributed by atoms with Crippen LogP contribution in [0, 0.1) is 18.8 Å². The van der Waals surface area contributed by atoms with Crippen molar-refractivity contribution in [3.63, 3.8) is 0 Å². The fourth-order valence-corrected chi connectivity index (χ4v) is 5.22. The number of hydrogen-bond acceptors (Lipinski definition) is 4. The van der Waals surface area contributed by atoms with E-state index in [2.05, 4.69) is 23.5 Å². The maximum atomic E-state index is 13.1. The molecule has 1 fully saturated rings. The number of carbonyl (C=O) groups excluding carboxylic acids is 1. The monoisotopic (exact) mass is 376 g/mol. The first-order valence-corrected chi connectivity index (χ1v) is 10.4. The van der Waals surface area contributed by atoms with Crippen LogP contribution >= 0.6 is 0 Å². The van der Waals surface area contributed by atoms with Crippen LogP contribution in [-0.2, 0) is 11.4 Å². The second-order valence-corrected chi connectivity index (χ2v) is 9.37. The molecule has 1 amide bonds. The number of nitrogens with zero attached hydrogens (tertiary/aromatic N) is 1. The summed E-state index contributed by atoms with van der Waals surface area (Å²) in [5.74, 6) is 1.22. The minimum Gasteiger partial charge on any atom is -0.593 e. The molecule has 2 heterocycles. The van der Waals surface area contributed by atoms with Crippen molar-refractivity contribution in [1.82, 2.24) is 9.62 Å². The summed E-state index contributed by atoms with van der Waals surface area (Å²) in [7, 11) is 0. The van der Waals surface area contributed by atoms with Gasteiger partial charge in [0.05, 0.1) is 11.4 Å². The predicted molar refractivity (Wildman–Crippen MR) is 104 cm³/mol. The van der Waals surface area contributed by atoms with Gasteiger partial charge in [0.25, 0.3) is 5.91 Å². The molecule has 0 bridgehead atoms. The Hall–Kier alpha value is -1.50. The summed E-state index contributed by atoms with van der Waals surface area (Å²) in [6, 6.07) is 5.61. The topological polar surface area (TPSA) is 68.5 Å². The Bertz CT molecular complexity index is 792. The van der Waals surface area contributed by atoms with Gasteiger partial charge in [-0.25, -0.2) is 0 Å². The number of hydrogen-bond donors (Lipinski definition) is 1. The van der Waals surface area contributed by atoms with Crippen molar-refractivity contribution < 1.29 is 13.8 Å². The number of carbonyl (C=O) groups is 1. The number of piperidine rings is 1. The maximum Gasteiger partial charge on any atom is 0.287 e. The Balaban J connectivity index is 1.89. The lowest BCUT2D eigenvalue weighted by molar-refractivity contribution is 0.0916. The summed E-state index contributed by atoms with van der Waals surface area (Å²) < 4.78 is 20.9. The smallest absolute Gasteiger partial charge is 0.287 e. The molecule has 1 aromatic carbocycles. The molecule has 0 aliphatic carbocycles. The van der Waals surface area contributed by atoms with E-state index in [4.69, 9.17) is 4.42 Å². The molecular formula is C20H28N2O3S. The molecule has 3 rings (SSSR count). The van der Waals surface area contributed by atoms with Crippen LogP contribution in [0.1, 0.15) is 50.2 Å². The highest BCUT2D eigenvalue weighted by Crippen LogP contribution is 2.31. The van der Waals surface area contributed by atoms with E-state index < -0.39 is 11.4 Å². The highest BCUT2D eigenvalue weighted by Gasteiger charge is 2.31. The lowest BCUT2D eigenvalue weighted by Gasteiger charge is -2.34. The molecule has 6 heteroatoms. The molecule has 3 unspecified atom stereocenters. The third kappa shape index (κ3) is 3.92. The molecule has 1 N–H and O–H groups in total. The summed E-state index contributed by atoms with van der Waals surface area (Å²) in [6.45, 7) is 11.8.